The van der Waals surface area contributed by atoms with Gasteiger partial charge in [-0.15, -0.1) is 0 Å². The normalized spacial score (nSPS) is 12.5. The summed E-state index contributed by atoms with van der Waals surface area (Å²) in [5, 5.41) is 1.56. The Morgan fingerprint density at radius 1 is 1.16 bits per heavy atom. The first-order valence-corrected chi connectivity index (χ1v) is 9.72. The van der Waals surface area contributed by atoms with E-state index >= 15 is 0 Å². The maximum absolute atomic E-state index is 12.4. The highest BCUT2D eigenvalue weighted by atomic mass is 32.2. The molecule has 0 bridgehead atoms. The molecule has 0 aliphatic heterocycles. The molecule has 0 spiro atoms. The van der Waals surface area contributed by atoms with E-state index < -0.39 is 35.1 Å². The van der Waals surface area contributed by atoms with Crippen molar-refractivity contribution in [2.24, 2.45) is 21.5 Å². The second-order valence-corrected chi connectivity index (χ2v) is 7.03. The fraction of sp³-hybridized carbons (Fsp3) is 0.333. The van der Waals surface area contributed by atoms with Crippen molar-refractivity contribution in [1.29, 1.82) is 0 Å². The maximum Gasteiger partial charge on any atom is 0.372 e. The minimum absolute atomic E-state index is 0.00924. The summed E-state index contributed by atoms with van der Waals surface area (Å²) in [5.74, 6) is -2.64. The van der Waals surface area contributed by atoms with Crippen molar-refractivity contribution in [1.82, 2.24) is 10.2 Å². The van der Waals surface area contributed by atoms with E-state index in [9.17, 15) is 19.2 Å². The Balaban J connectivity index is 2.87. The van der Waals surface area contributed by atoms with Crippen molar-refractivity contribution >= 4 is 46.8 Å². The number of esters is 1. The van der Waals surface area contributed by atoms with Crippen molar-refractivity contribution in [2.45, 2.75) is 13.0 Å². The van der Waals surface area contributed by atoms with Gasteiger partial charge >= 0.3 is 11.3 Å². The lowest BCUT2D eigenvalue weighted by atomic mass is 10.2. The lowest BCUT2D eigenvalue weighted by Gasteiger charge is -2.14. The van der Waals surface area contributed by atoms with Gasteiger partial charge in [-0.2, -0.15) is 9.98 Å². The highest BCUT2D eigenvalue weighted by Crippen LogP contribution is 2.21. The largest absolute Gasteiger partial charge is 0.465 e. The van der Waals surface area contributed by atoms with Crippen LogP contribution in [0.1, 0.15) is 17.3 Å². The van der Waals surface area contributed by atoms with Gasteiger partial charge in [0.25, 0.3) is 5.91 Å². The van der Waals surface area contributed by atoms with Gasteiger partial charge in [-0.3, -0.25) is 9.59 Å². The third kappa shape index (κ3) is 8.74. The molecular formula is C18H24N6O6S. The lowest BCUT2D eigenvalue weighted by molar-refractivity contribution is -0.125. The number of hydrogen-bond acceptors (Lipinski definition) is 7. The standard InChI is InChI=1S/C18H24N6O6S/c1-10(25)21-12(14(26)22-16(19)23-17(20)24(2)3)9-31-18(28)30-13-8-6-5-7-11(13)15(27)29-4/h5-8,12H,9H2,1-4H3,(H,21,25)(H4,19,20,22,23,26). The molecule has 0 saturated carbocycles. The minimum atomic E-state index is -1.18. The van der Waals surface area contributed by atoms with E-state index in [-0.39, 0.29) is 23.0 Å². The average Bonchev–Trinajstić information content (AvgIpc) is 2.70. The Hall–Kier alpha value is -3.61. The van der Waals surface area contributed by atoms with E-state index in [2.05, 4.69) is 20.0 Å². The number of para-hydroxylation sites is 1. The minimum Gasteiger partial charge on any atom is -0.465 e. The van der Waals surface area contributed by atoms with Gasteiger partial charge in [0.05, 0.1) is 7.11 Å². The monoisotopic (exact) mass is 452 g/mol. The van der Waals surface area contributed by atoms with Crippen LogP contribution in [-0.4, -0.2) is 72.9 Å². The van der Waals surface area contributed by atoms with E-state index in [0.717, 1.165) is 0 Å². The highest BCUT2D eigenvalue weighted by molar-refractivity contribution is 8.13. The lowest BCUT2D eigenvalue weighted by Crippen LogP contribution is -2.42. The molecule has 1 aromatic rings. The van der Waals surface area contributed by atoms with Gasteiger partial charge in [0.2, 0.25) is 11.9 Å². The Morgan fingerprint density at radius 3 is 2.39 bits per heavy atom. The van der Waals surface area contributed by atoms with Gasteiger partial charge in [-0.05, 0) is 23.9 Å². The molecule has 1 aromatic carbocycles. The summed E-state index contributed by atoms with van der Waals surface area (Å²) >= 11 is 0.596. The number of carbonyl (C=O) groups excluding carboxylic acids is 4. The number of amides is 2. The van der Waals surface area contributed by atoms with Gasteiger partial charge < -0.3 is 31.2 Å². The van der Waals surface area contributed by atoms with Crippen LogP contribution in [0, 0.1) is 0 Å². The van der Waals surface area contributed by atoms with Crippen LogP contribution in [0.15, 0.2) is 34.3 Å². The van der Waals surface area contributed by atoms with Gasteiger partial charge in [-0.1, -0.05) is 12.1 Å². The molecule has 168 valence electrons. The zero-order chi connectivity index (χ0) is 23.6. The fourth-order valence-electron chi connectivity index (χ4n) is 1.96. The number of guanidine groups is 2. The summed E-state index contributed by atoms with van der Waals surface area (Å²) in [6, 6.07) is 4.82. The zero-order valence-electron chi connectivity index (χ0n) is 17.4. The first-order valence-electron chi connectivity index (χ1n) is 8.73. The first-order chi connectivity index (χ1) is 14.5. The van der Waals surface area contributed by atoms with Crippen molar-refractivity contribution in [3.8, 4) is 5.75 Å². The number of ether oxygens (including phenoxy) is 2. The second kappa shape index (κ2) is 12.2. The summed E-state index contributed by atoms with van der Waals surface area (Å²) in [4.78, 5) is 56.5. The third-order valence-electron chi connectivity index (χ3n) is 3.44. The molecule has 0 aliphatic rings. The number of aliphatic imine (C=N–C) groups is 2. The zero-order valence-corrected chi connectivity index (χ0v) is 18.3. The molecule has 5 N–H and O–H groups in total. The number of benzene rings is 1. The van der Waals surface area contributed by atoms with Crippen LogP contribution in [-0.2, 0) is 14.3 Å². The number of nitrogens with two attached hydrogens (primary N) is 2. The Labute approximate surface area is 183 Å². The van der Waals surface area contributed by atoms with Gasteiger partial charge in [0.1, 0.15) is 17.4 Å². The van der Waals surface area contributed by atoms with Crippen molar-refractivity contribution in [3.63, 3.8) is 0 Å². The predicted molar refractivity (Wildman–Crippen MR) is 116 cm³/mol. The molecule has 0 aliphatic carbocycles. The molecule has 0 heterocycles. The number of nitrogens with zero attached hydrogens (tertiary/aromatic N) is 3. The van der Waals surface area contributed by atoms with Crippen molar-refractivity contribution in [2.75, 3.05) is 27.0 Å². The van der Waals surface area contributed by atoms with Gasteiger partial charge in [-0.25, -0.2) is 9.59 Å². The van der Waals surface area contributed by atoms with Crippen LogP contribution in [0.3, 0.4) is 0 Å². The van der Waals surface area contributed by atoms with Crippen LogP contribution in [0.2, 0.25) is 0 Å². The van der Waals surface area contributed by atoms with Crippen LogP contribution >= 0.6 is 11.8 Å². The smallest absolute Gasteiger partial charge is 0.372 e. The van der Waals surface area contributed by atoms with Gasteiger partial charge in [0, 0.05) is 26.8 Å². The number of methoxy groups -OCH3 is 1. The molecule has 0 aromatic heterocycles. The summed E-state index contributed by atoms with van der Waals surface area (Å²) in [6.45, 7) is 1.20. The summed E-state index contributed by atoms with van der Waals surface area (Å²) in [6.07, 6.45) is 0. The third-order valence-corrected chi connectivity index (χ3v) is 4.26. The molecule has 2 amide bonds. The number of rotatable bonds is 6. The molecular weight excluding hydrogens is 428 g/mol. The number of carbonyl (C=O) groups is 4. The molecule has 0 radical (unpaired) electrons. The topological polar surface area (TPSA) is 179 Å². The maximum atomic E-state index is 12.4. The van der Waals surface area contributed by atoms with Gasteiger partial charge in [0.15, 0.2) is 5.96 Å². The van der Waals surface area contributed by atoms with E-state index in [0.29, 0.717) is 11.8 Å². The van der Waals surface area contributed by atoms with Crippen LogP contribution in [0.5, 0.6) is 5.75 Å². The predicted octanol–water partition coefficient (Wildman–Crippen LogP) is -0.0725. The van der Waals surface area contributed by atoms with E-state index in [1.807, 2.05) is 0 Å². The molecule has 31 heavy (non-hydrogen) atoms. The number of hydrogen-bond donors (Lipinski definition) is 3. The quantitative estimate of drug-likeness (QED) is 0.300. The number of thioether (sulfide) groups is 1. The molecule has 1 rings (SSSR count). The second-order valence-electron chi connectivity index (χ2n) is 6.08. The molecule has 13 heteroatoms. The molecule has 12 nitrogen and oxygen atoms in total. The van der Waals surface area contributed by atoms with Crippen molar-refractivity contribution < 1.29 is 28.7 Å². The van der Waals surface area contributed by atoms with Crippen molar-refractivity contribution in [3.05, 3.63) is 29.8 Å². The Bertz CT molecular complexity index is 901. The van der Waals surface area contributed by atoms with Crippen LogP contribution in [0.25, 0.3) is 0 Å². The summed E-state index contributed by atoms with van der Waals surface area (Å²) < 4.78 is 9.79. The fourth-order valence-corrected chi connectivity index (χ4v) is 2.64. The first kappa shape index (κ1) is 25.4. The SMILES string of the molecule is COC(=O)c1ccccc1OC(=O)SCC(NC(C)=O)C(=O)N=C(N)N=C(N)N(C)C. The molecule has 0 fully saturated rings. The summed E-state index contributed by atoms with van der Waals surface area (Å²) in [7, 11) is 4.44. The van der Waals surface area contributed by atoms with Crippen LogP contribution in [0.4, 0.5) is 4.79 Å². The van der Waals surface area contributed by atoms with E-state index in [1.54, 1.807) is 26.2 Å². The van der Waals surface area contributed by atoms with E-state index in [4.69, 9.17) is 16.2 Å². The number of nitrogens with one attached hydrogen (secondary N) is 1. The Morgan fingerprint density at radius 2 is 1.81 bits per heavy atom. The molecule has 1 atom stereocenters. The average molecular weight is 452 g/mol. The molecule has 1 unspecified atom stereocenters. The van der Waals surface area contributed by atoms with E-state index in [1.165, 1.54) is 31.1 Å². The Kier molecular flexibility index (Phi) is 9.98. The van der Waals surface area contributed by atoms with Crippen LogP contribution < -0.4 is 21.5 Å². The highest BCUT2D eigenvalue weighted by Gasteiger charge is 2.23. The molecule has 0 saturated heterocycles. The summed E-state index contributed by atoms with van der Waals surface area (Å²) in [5.41, 5.74) is 11.2.